The lowest BCUT2D eigenvalue weighted by atomic mass is 10.1. The Balaban J connectivity index is 2.48. The first kappa shape index (κ1) is 13.6. The van der Waals surface area contributed by atoms with Crippen LogP contribution in [0, 0.1) is 0 Å². The van der Waals surface area contributed by atoms with Crippen LogP contribution in [0.15, 0.2) is 24.3 Å². The van der Waals surface area contributed by atoms with Crippen molar-refractivity contribution in [1.82, 2.24) is 9.97 Å². The summed E-state index contributed by atoms with van der Waals surface area (Å²) < 4.78 is 0. The molecule has 0 aliphatic rings. The van der Waals surface area contributed by atoms with E-state index in [9.17, 15) is 0 Å². The first-order valence-corrected chi connectivity index (χ1v) is 6.73. The highest BCUT2D eigenvalue weighted by atomic mass is 35.5. The van der Waals surface area contributed by atoms with Crippen LogP contribution in [0.4, 0.5) is 0 Å². The number of aromatic nitrogens is 2. The van der Waals surface area contributed by atoms with E-state index in [1.807, 2.05) is 12.1 Å². The number of rotatable bonds is 3. The average molecular weight is 302 g/mol. The molecule has 0 bridgehead atoms. The number of aryl methyl sites for hydroxylation is 1. The van der Waals surface area contributed by atoms with Crippen LogP contribution in [0.25, 0.3) is 11.1 Å². The Bertz CT molecular complexity index is 530. The lowest BCUT2D eigenvalue weighted by Crippen LogP contribution is -1.98. The third-order valence-electron chi connectivity index (χ3n) is 2.47. The summed E-state index contributed by atoms with van der Waals surface area (Å²) in [5.74, 6) is 0.671. The van der Waals surface area contributed by atoms with Crippen molar-refractivity contribution in [3.8, 4) is 11.1 Å². The molecule has 0 radical (unpaired) electrons. The van der Waals surface area contributed by atoms with Gasteiger partial charge in [-0.05, 0) is 24.1 Å². The maximum absolute atomic E-state index is 6.18. The molecule has 0 N–H and O–H groups in total. The zero-order chi connectivity index (χ0) is 13.1. The molecule has 1 aromatic heterocycles. The van der Waals surface area contributed by atoms with E-state index in [0.29, 0.717) is 26.7 Å². The van der Waals surface area contributed by atoms with E-state index in [1.54, 1.807) is 12.1 Å². The van der Waals surface area contributed by atoms with Crippen LogP contribution in [0.5, 0.6) is 0 Å². The molecule has 2 aromatic rings. The van der Waals surface area contributed by atoms with Gasteiger partial charge in [0.2, 0.25) is 0 Å². The number of hydrogen-bond donors (Lipinski definition) is 0. The van der Waals surface area contributed by atoms with Crippen LogP contribution >= 0.6 is 34.8 Å². The van der Waals surface area contributed by atoms with Gasteiger partial charge in [-0.3, -0.25) is 0 Å². The SMILES string of the molecule is CCCc1nc(Cl)c(-c2ccc(Cl)cc2)c(Cl)n1. The lowest BCUT2D eigenvalue weighted by molar-refractivity contribution is 0.835. The van der Waals surface area contributed by atoms with Crippen LogP contribution in [0.3, 0.4) is 0 Å². The Labute approximate surface area is 121 Å². The van der Waals surface area contributed by atoms with E-state index in [-0.39, 0.29) is 0 Å². The minimum absolute atomic E-state index is 0.376. The molecule has 2 nitrogen and oxygen atoms in total. The summed E-state index contributed by atoms with van der Waals surface area (Å²) >= 11 is 18.2. The van der Waals surface area contributed by atoms with Gasteiger partial charge in [0.1, 0.15) is 16.1 Å². The molecule has 2 rings (SSSR count). The predicted molar refractivity (Wildman–Crippen MR) is 76.5 cm³/mol. The van der Waals surface area contributed by atoms with Crippen LogP contribution in [-0.4, -0.2) is 9.97 Å². The highest BCUT2D eigenvalue weighted by molar-refractivity contribution is 6.37. The molecular formula is C13H11Cl3N2. The standard InChI is InChI=1S/C13H11Cl3N2/c1-2-3-10-17-12(15)11(13(16)18-10)8-4-6-9(14)7-5-8/h4-7H,2-3H2,1H3. The molecule has 0 aliphatic heterocycles. The smallest absolute Gasteiger partial charge is 0.142 e. The van der Waals surface area contributed by atoms with Crippen LogP contribution in [0.1, 0.15) is 19.2 Å². The van der Waals surface area contributed by atoms with Crippen molar-refractivity contribution in [3.05, 3.63) is 45.4 Å². The Morgan fingerprint density at radius 1 is 0.944 bits per heavy atom. The van der Waals surface area contributed by atoms with Gasteiger partial charge in [0, 0.05) is 11.4 Å². The van der Waals surface area contributed by atoms with Crippen LogP contribution in [0.2, 0.25) is 15.3 Å². The largest absolute Gasteiger partial charge is 0.220 e. The summed E-state index contributed by atoms with van der Waals surface area (Å²) in [5, 5.41) is 1.41. The topological polar surface area (TPSA) is 25.8 Å². The van der Waals surface area contributed by atoms with Gasteiger partial charge in [0.25, 0.3) is 0 Å². The number of hydrogen-bond acceptors (Lipinski definition) is 2. The highest BCUT2D eigenvalue weighted by Gasteiger charge is 2.13. The molecule has 0 atom stereocenters. The minimum atomic E-state index is 0.376. The lowest BCUT2D eigenvalue weighted by Gasteiger charge is -2.08. The van der Waals surface area contributed by atoms with E-state index < -0.39 is 0 Å². The molecule has 0 aliphatic carbocycles. The van der Waals surface area contributed by atoms with E-state index >= 15 is 0 Å². The van der Waals surface area contributed by atoms with Crippen LogP contribution < -0.4 is 0 Å². The van der Waals surface area contributed by atoms with Gasteiger partial charge in [-0.2, -0.15) is 0 Å². The molecule has 1 aromatic carbocycles. The van der Waals surface area contributed by atoms with Crippen molar-refractivity contribution in [2.24, 2.45) is 0 Å². The van der Waals surface area contributed by atoms with E-state index in [0.717, 1.165) is 18.4 Å². The zero-order valence-electron chi connectivity index (χ0n) is 9.75. The molecule has 0 saturated carbocycles. The molecule has 5 heteroatoms. The fraction of sp³-hybridized carbons (Fsp3) is 0.231. The van der Waals surface area contributed by atoms with E-state index in [1.165, 1.54) is 0 Å². The third-order valence-corrected chi connectivity index (χ3v) is 3.27. The monoisotopic (exact) mass is 300 g/mol. The van der Waals surface area contributed by atoms with Crippen molar-refractivity contribution < 1.29 is 0 Å². The summed E-state index contributed by atoms with van der Waals surface area (Å²) in [6, 6.07) is 7.25. The normalized spacial score (nSPS) is 10.7. The summed E-state index contributed by atoms with van der Waals surface area (Å²) in [4.78, 5) is 8.52. The fourth-order valence-corrected chi connectivity index (χ4v) is 2.41. The van der Waals surface area contributed by atoms with Gasteiger partial charge in [-0.25, -0.2) is 9.97 Å². The molecule has 0 amide bonds. The van der Waals surface area contributed by atoms with E-state index in [4.69, 9.17) is 34.8 Å². The molecular weight excluding hydrogens is 291 g/mol. The van der Waals surface area contributed by atoms with Crippen molar-refractivity contribution >= 4 is 34.8 Å². The average Bonchev–Trinajstić information content (AvgIpc) is 2.31. The molecule has 0 saturated heterocycles. The van der Waals surface area contributed by atoms with Gasteiger partial charge in [-0.1, -0.05) is 53.9 Å². The zero-order valence-corrected chi connectivity index (χ0v) is 12.0. The maximum Gasteiger partial charge on any atom is 0.142 e. The van der Waals surface area contributed by atoms with Gasteiger partial charge in [0.05, 0.1) is 5.56 Å². The highest BCUT2D eigenvalue weighted by Crippen LogP contribution is 2.33. The van der Waals surface area contributed by atoms with Crippen molar-refractivity contribution in [1.29, 1.82) is 0 Å². The maximum atomic E-state index is 6.18. The fourth-order valence-electron chi connectivity index (χ4n) is 1.64. The first-order valence-electron chi connectivity index (χ1n) is 5.59. The number of halogens is 3. The predicted octanol–water partition coefficient (Wildman–Crippen LogP) is 5.06. The Kier molecular flexibility index (Phi) is 4.44. The Morgan fingerprint density at radius 2 is 1.50 bits per heavy atom. The Morgan fingerprint density at radius 3 is 2.00 bits per heavy atom. The van der Waals surface area contributed by atoms with Gasteiger partial charge < -0.3 is 0 Å². The quantitative estimate of drug-likeness (QED) is 0.741. The van der Waals surface area contributed by atoms with Crippen molar-refractivity contribution in [3.63, 3.8) is 0 Å². The Hall–Kier alpha value is -0.830. The minimum Gasteiger partial charge on any atom is -0.220 e. The number of benzene rings is 1. The summed E-state index contributed by atoms with van der Waals surface area (Å²) in [5.41, 5.74) is 1.51. The van der Waals surface area contributed by atoms with Gasteiger partial charge in [0.15, 0.2) is 0 Å². The molecule has 18 heavy (non-hydrogen) atoms. The van der Waals surface area contributed by atoms with Gasteiger partial charge >= 0.3 is 0 Å². The first-order chi connectivity index (χ1) is 8.61. The van der Waals surface area contributed by atoms with Crippen molar-refractivity contribution in [2.45, 2.75) is 19.8 Å². The molecule has 94 valence electrons. The van der Waals surface area contributed by atoms with E-state index in [2.05, 4.69) is 16.9 Å². The van der Waals surface area contributed by atoms with Crippen LogP contribution in [-0.2, 0) is 6.42 Å². The second-order valence-electron chi connectivity index (χ2n) is 3.85. The molecule has 0 spiro atoms. The second kappa shape index (κ2) is 5.87. The number of nitrogens with zero attached hydrogens (tertiary/aromatic N) is 2. The molecule has 0 unspecified atom stereocenters. The third kappa shape index (κ3) is 2.94. The van der Waals surface area contributed by atoms with Crippen molar-refractivity contribution in [2.75, 3.05) is 0 Å². The molecule has 1 heterocycles. The summed E-state index contributed by atoms with van der Waals surface area (Å²) in [6.45, 7) is 2.05. The molecule has 0 fully saturated rings. The summed E-state index contributed by atoms with van der Waals surface area (Å²) in [6.07, 6.45) is 1.72. The van der Waals surface area contributed by atoms with Gasteiger partial charge in [-0.15, -0.1) is 0 Å². The summed E-state index contributed by atoms with van der Waals surface area (Å²) in [7, 11) is 0. The second-order valence-corrected chi connectivity index (χ2v) is 5.01.